The monoisotopic (exact) mass is 507 g/mol. The van der Waals surface area contributed by atoms with Gasteiger partial charge in [-0.05, 0) is 50.2 Å². The van der Waals surface area contributed by atoms with Gasteiger partial charge in [-0.25, -0.2) is 0 Å². The molecule has 180 valence electrons. The fraction of sp³-hybridized carbons (Fsp3) is 0.619. The molecular formula is C21H31Cl2N3O5S. The molecule has 8 nitrogen and oxygen atoms in total. The van der Waals surface area contributed by atoms with Crippen molar-refractivity contribution < 1.29 is 22.7 Å². The van der Waals surface area contributed by atoms with E-state index in [1.807, 2.05) is 0 Å². The number of carbonyl (C=O) groups is 1. The molecule has 1 aromatic rings. The van der Waals surface area contributed by atoms with E-state index in [2.05, 4.69) is 9.71 Å². The van der Waals surface area contributed by atoms with Gasteiger partial charge in [-0.15, -0.1) is 27.6 Å². The Morgan fingerprint density at radius 3 is 2.12 bits per heavy atom. The van der Waals surface area contributed by atoms with Crippen molar-refractivity contribution in [3.63, 3.8) is 0 Å². The molecule has 1 spiro atoms. The topological polar surface area (TPSA) is 97.3 Å². The number of halogens is 2. The highest BCUT2D eigenvalue weighted by Crippen LogP contribution is 2.38. The van der Waals surface area contributed by atoms with Crippen molar-refractivity contribution in [3.8, 4) is 11.5 Å². The van der Waals surface area contributed by atoms with Crippen LogP contribution in [0.5, 0.6) is 11.5 Å². The van der Waals surface area contributed by atoms with Crippen LogP contribution in [0, 0.1) is 0 Å². The Balaban J connectivity index is 0.00000114. The van der Waals surface area contributed by atoms with Crippen LogP contribution in [0.1, 0.15) is 44.1 Å². The highest BCUT2D eigenvalue weighted by molar-refractivity contribution is 7.90. The molecule has 1 heterocycles. The van der Waals surface area contributed by atoms with Crippen molar-refractivity contribution >= 4 is 45.0 Å². The smallest absolute Gasteiger partial charge is 0.284 e. The Morgan fingerprint density at radius 2 is 1.62 bits per heavy atom. The molecule has 1 aliphatic carbocycles. The first-order chi connectivity index (χ1) is 15.1. The minimum Gasteiger partial charge on any atom is -0.493 e. The van der Waals surface area contributed by atoms with Gasteiger partial charge in [0.1, 0.15) is 5.84 Å². The average Bonchev–Trinajstić information content (AvgIpc) is 2.71. The summed E-state index contributed by atoms with van der Waals surface area (Å²) in [5, 5.41) is 3.26. The molecule has 0 bridgehead atoms. The minimum atomic E-state index is -4.03. The van der Waals surface area contributed by atoms with E-state index in [-0.39, 0.29) is 16.1 Å². The Kier molecular flexibility index (Phi) is 9.48. The minimum absolute atomic E-state index is 0.0650. The molecule has 1 saturated carbocycles. The molecule has 0 saturated heterocycles. The third-order valence-corrected chi connectivity index (χ3v) is 6.94. The number of alkyl halides is 2. The SMILES string of the molecule is COc1cc2c(cc1OC)S(=O)(=O)/N=C(/N(C)C)C1(CCC1)NC(=O)CCCC2.ClCCl. The summed E-state index contributed by atoms with van der Waals surface area (Å²) < 4.78 is 41.7. The van der Waals surface area contributed by atoms with E-state index in [4.69, 9.17) is 32.7 Å². The zero-order valence-corrected chi connectivity index (χ0v) is 21.2. The van der Waals surface area contributed by atoms with Gasteiger partial charge in [0.15, 0.2) is 11.5 Å². The van der Waals surface area contributed by atoms with Crippen molar-refractivity contribution in [2.24, 2.45) is 4.40 Å². The molecule has 3 rings (SSSR count). The number of aryl methyl sites for hydroxylation is 1. The molecule has 1 N–H and O–H groups in total. The number of amidine groups is 1. The summed E-state index contributed by atoms with van der Waals surface area (Å²) in [6, 6.07) is 3.18. The third kappa shape index (κ3) is 5.99. The Labute approximate surface area is 200 Å². The summed E-state index contributed by atoms with van der Waals surface area (Å²) in [4.78, 5) is 14.3. The number of hydrogen-bond donors (Lipinski definition) is 1. The summed E-state index contributed by atoms with van der Waals surface area (Å²) in [6.45, 7) is 0. The molecule has 2 aliphatic rings. The van der Waals surface area contributed by atoms with Crippen molar-refractivity contribution in [1.29, 1.82) is 0 Å². The second-order valence-corrected chi connectivity index (χ2v) is 10.3. The molecule has 0 atom stereocenters. The molecule has 11 heteroatoms. The predicted molar refractivity (Wildman–Crippen MR) is 127 cm³/mol. The average molecular weight is 508 g/mol. The highest BCUT2D eigenvalue weighted by Gasteiger charge is 2.45. The number of likely N-dealkylation sites (N-methyl/N-ethyl adjacent to an activating group) is 1. The quantitative estimate of drug-likeness (QED) is 0.614. The van der Waals surface area contributed by atoms with Crippen LogP contribution in [0.4, 0.5) is 0 Å². The maximum Gasteiger partial charge on any atom is 0.284 e. The highest BCUT2D eigenvalue weighted by atomic mass is 35.5. The van der Waals surface area contributed by atoms with Crippen LogP contribution >= 0.6 is 23.2 Å². The molecular weight excluding hydrogens is 477 g/mol. The molecule has 0 unspecified atom stereocenters. The van der Waals surface area contributed by atoms with Crippen LogP contribution in [0.15, 0.2) is 21.4 Å². The lowest BCUT2D eigenvalue weighted by Crippen LogP contribution is -2.62. The lowest BCUT2D eigenvalue weighted by atomic mass is 9.75. The van der Waals surface area contributed by atoms with Crippen molar-refractivity contribution in [2.45, 2.75) is 55.4 Å². The standard InChI is InChI=1S/C20H29N3O5S.CH2Cl2/c1-23(2)19-20(10-7-11-20)21-18(24)9-6-5-8-14-12-15(27-3)16(28-4)13-17(14)29(25,26)22-19;2-1-3/h12-13H,5-11H2,1-4H3,(H,21,24);1H2/b22-19+;. The molecule has 1 fully saturated rings. The van der Waals surface area contributed by atoms with Gasteiger partial charge in [0.2, 0.25) is 5.91 Å². The zero-order chi connectivity index (χ0) is 23.9. The first-order valence-corrected chi connectivity index (χ1v) is 12.9. The van der Waals surface area contributed by atoms with Gasteiger partial charge >= 0.3 is 0 Å². The third-order valence-electron chi connectivity index (χ3n) is 5.59. The summed E-state index contributed by atoms with van der Waals surface area (Å²) in [6.07, 6.45) is 4.51. The number of fused-ring (bicyclic) bond motifs is 1. The zero-order valence-electron chi connectivity index (χ0n) is 18.9. The number of benzene rings is 1. The summed E-state index contributed by atoms with van der Waals surface area (Å²) in [7, 11) is 2.46. The first kappa shape index (κ1) is 26.5. The van der Waals surface area contributed by atoms with Gasteiger partial charge in [-0.3, -0.25) is 4.79 Å². The fourth-order valence-corrected chi connectivity index (χ4v) is 5.38. The van der Waals surface area contributed by atoms with Gasteiger partial charge in [0, 0.05) is 26.6 Å². The van der Waals surface area contributed by atoms with E-state index in [1.54, 1.807) is 25.1 Å². The molecule has 1 aliphatic heterocycles. The second-order valence-electron chi connectivity index (χ2n) is 7.89. The lowest BCUT2D eigenvalue weighted by molar-refractivity contribution is -0.123. The summed E-state index contributed by atoms with van der Waals surface area (Å²) in [5.41, 5.74) is -0.114. The Morgan fingerprint density at radius 1 is 1.06 bits per heavy atom. The second kappa shape index (κ2) is 11.4. The number of nitrogens with one attached hydrogen (secondary N) is 1. The predicted octanol–water partition coefficient (Wildman–Crippen LogP) is 3.54. The van der Waals surface area contributed by atoms with Gasteiger partial charge in [-0.2, -0.15) is 8.42 Å². The van der Waals surface area contributed by atoms with Gasteiger partial charge < -0.3 is 19.7 Å². The van der Waals surface area contributed by atoms with E-state index in [0.717, 1.165) is 6.42 Å². The lowest BCUT2D eigenvalue weighted by Gasteiger charge is -2.45. The van der Waals surface area contributed by atoms with E-state index >= 15 is 0 Å². The van der Waals surface area contributed by atoms with E-state index < -0.39 is 15.6 Å². The van der Waals surface area contributed by atoms with Gasteiger partial charge in [-0.1, -0.05) is 0 Å². The number of ether oxygens (including phenoxy) is 2. The molecule has 0 radical (unpaired) electrons. The molecule has 1 amide bonds. The van der Waals surface area contributed by atoms with Crippen LogP contribution in [-0.4, -0.2) is 64.3 Å². The van der Waals surface area contributed by atoms with E-state index in [1.165, 1.54) is 20.3 Å². The van der Waals surface area contributed by atoms with Crippen LogP contribution < -0.4 is 14.8 Å². The van der Waals surface area contributed by atoms with E-state index in [9.17, 15) is 13.2 Å². The largest absolute Gasteiger partial charge is 0.493 e. The number of hydrogen-bond acceptors (Lipinski definition) is 6. The Bertz CT molecular complexity index is 947. The number of carbonyl (C=O) groups excluding carboxylic acids is 1. The summed E-state index contributed by atoms with van der Waals surface area (Å²) in [5.74, 6) is 1.11. The number of sulfonamides is 1. The van der Waals surface area contributed by atoms with Crippen LogP contribution in [0.2, 0.25) is 0 Å². The maximum absolute atomic E-state index is 13.4. The van der Waals surface area contributed by atoms with Crippen LogP contribution in [0.25, 0.3) is 0 Å². The number of methoxy groups -OCH3 is 2. The van der Waals surface area contributed by atoms with Crippen molar-refractivity contribution in [3.05, 3.63) is 17.7 Å². The van der Waals surface area contributed by atoms with Crippen LogP contribution in [-0.2, 0) is 21.2 Å². The number of rotatable bonds is 2. The van der Waals surface area contributed by atoms with Gasteiger partial charge in [0.05, 0.1) is 30.0 Å². The first-order valence-electron chi connectivity index (χ1n) is 10.3. The molecule has 1 aromatic carbocycles. The van der Waals surface area contributed by atoms with Crippen molar-refractivity contribution in [2.75, 3.05) is 33.7 Å². The van der Waals surface area contributed by atoms with E-state index in [0.29, 0.717) is 61.4 Å². The molecule has 0 aromatic heterocycles. The van der Waals surface area contributed by atoms with Crippen molar-refractivity contribution in [1.82, 2.24) is 10.2 Å². The maximum atomic E-state index is 13.4. The Hall–Kier alpha value is -1.71. The van der Waals surface area contributed by atoms with Gasteiger partial charge in [0.25, 0.3) is 10.0 Å². The number of amides is 1. The summed E-state index contributed by atoms with van der Waals surface area (Å²) >= 11 is 9.53. The molecule has 32 heavy (non-hydrogen) atoms. The fourth-order valence-electron chi connectivity index (χ4n) is 3.96. The van der Waals surface area contributed by atoms with Crippen LogP contribution in [0.3, 0.4) is 0 Å². The number of nitrogens with zero attached hydrogens (tertiary/aromatic N) is 2. The normalized spacial score (nSPS) is 21.1.